The summed E-state index contributed by atoms with van der Waals surface area (Å²) in [4.78, 5) is 25.8. The van der Waals surface area contributed by atoms with Crippen LogP contribution in [0.1, 0.15) is 85.5 Å². The van der Waals surface area contributed by atoms with E-state index in [0.717, 1.165) is 31.9 Å². The van der Waals surface area contributed by atoms with Crippen LogP contribution in [0.5, 0.6) is 0 Å². The van der Waals surface area contributed by atoms with E-state index in [-0.39, 0.29) is 31.1 Å². The Balaban J connectivity index is 3.60. The van der Waals surface area contributed by atoms with Gasteiger partial charge in [0, 0.05) is 6.26 Å². The van der Waals surface area contributed by atoms with E-state index < -0.39 is 38.2 Å². The van der Waals surface area contributed by atoms with Crippen molar-refractivity contribution in [2.45, 2.75) is 90.2 Å². The highest BCUT2D eigenvalue weighted by Gasteiger charge is 2.55. The topological polar surface area (TPSA) is 139 Å². The number of nitrogens with two attached hydrogens (primary N) is 1. The number of hydrazine groups is 1. The van der Waals surface area contributed by atoms with Gasteiger partial charge in [0.25, 0.3) is 0 Å². The number of carbonyl (C=O) groups excluding carboxylic acids is 2. The van der Waals surface area contributed by atoms with Crippen LogP contribution in [0.25, 0.3) is 0 Å². The molecule has 0 aromatic rings. The second-order valence-corrected chi connectivity index (χ2v) is 12.5. The van der Waals surface area contributed by atoms with Crippen molar-refractivity contribution in [1.82, 2.24) is 10.9 Å². The number of sulfone groups is 1. The lowest BCUT2D eigenvalue weighted by atomic mass is 9.70. The molecule has 1 aliphatic rings. The Morgan fingerprint density at radius 3 is 2.06 bits per heavy atom. The van der Waals surface area contributed by atoms with Gasteiger partial charge in [0.2, 0.25) is 11.8 Å². The average molecular weight is 462 g/mol. The predicted octanol–water partition coefficient (Wildman–Crippen LogP) is 2.95. The quantitative estimate of drug-likeness (QED) is 0.152. The van der Waals surface area contributed by atoms with Crippen LogP contribution in [0, 0.1) is 29.6 Å². The fraction of sp³-hybridized carbons (Fsp3) is 0.909. The molecule has 8 nitrogen and oxygen atoms in total. The zero-order chi connectivity index (χ0) is 23.8. The molecule has 31 heavy (non-hydrogen) atoms. The van der Waals surface area contributed by atoms with Gasteiger partial charge < -0.3 is 0 Å². The van der Waals surface area contributed by atoms with E-state index in [1.54, 1.807) is 5.48 Å². The van der Waals surface area contributed by atoms with Crippen molar-refractivity contribution < 1.29 is 23.2 Å². The Morgan fingerprint density at radius 1 is 1.06 bits per heavy atom. The molecular weight excluding hydrogens is 418 g/mol. The highest BCUT2D eigenvalue weighted by Crippen LogP contribution is 2.45. The molecule has 0 aliphatic heterocycles. The molecule has 0 aromatic carbocycles. The van der Waals surface area contributed by atoms with Crippen LogP contribution in [0.2, 0.25) is 0 Å². The maximum Gasteiger partial charge on any atom is 0.248 e. The van der Waals surface area contributed by atoms with Crippen LogP contribution in [-0.2, 0) is 19.4 Å². The molecule has 1 rings (SSSR count). The van der Waals surface area contributed by atoms with Crippen molar-refractivity contribution in [3.8, 4) is 0 Å². The van der Waals surface area contributed by atoms with Crippen molar-refractivity contribution in [3.63, 3.8) is 0 Å². The number of amides is 2. The smallest absolute Gasteiger partial charge is 0.248 e. The number of nitrogens with one attached hydrogen (secondary N) is 2. The van der Waals surface area contributed by atoms with Crippen LogP contribution in [0.15, 0.2) is 0 Å². The summed E-state index contributed by atoms with van der Waals surface area (Å²) < 4.78 is 25.3. The molecule has 2 amide bonds. The molecule has 1 saturated carbocycles. The maximum absolute atomic E-state index is 13.4. The third-order valence-corrected chi connectivity index (χ3v) is 8.86. The van der Waals surface area contributed by atoms with E-state index in [1.165, 1.54) is 6.42 Å². The van der Waals surface area contributed by atoms with E-state index >= 15 is 0 Å². The van der Waals surface area contributed by atoms with Gasteiger partial charge in [-0.1, -0.05) is 59.8 Å². The van der Waals surface area contributed by atoms with E-state index in [0.29, 0.717) is 12.3 Å². The summed E-state index contributed by atoms with van der Waals surface area (Å²) in [5, 5.41) is 9.57. The molecule has 5 N–H and O–H groups in total. The largest absolute Gasteiger partial charge is 0.294 e. The Kier molecular flexibility index (Phi) is 10.9. The number of hydrogen-bond donors (Lipinski definition) is 4. The number of hydrogen-bond acceptors (Lipinski definition) is 6. The normalized spacial score (nSPS) is 19.6. The van der Waals surface area contributed by atoms with Crippen LogP contribution in [0.4, 0.5) is 0 Å². The molecule has 0 bridgehead atoms. The highest BCUT2D eigenvalue weighted by molar-refractivity contribution is 7.92. The lowest BCUT2D eigenvalue weighted by Crippen LogP contribution is -2.58. The lowest BCUT2D eigenvalue weighted by molar-refractivity contribution is -0.143. The first-order valence-electron chi connectivity index (χ1n) is 11.5. The van der Waals surface area contributed by atoms with E-state index in [2.05, 4.69) is 5.43 Å². The minimum Gasteiger partial charge on any atom is -0.294 e. The van der Waals surface area contributed by atoms with Crippen LogP contribution in [-0.4, -0.2) is 36.4 Å². The predicted molar refractivity (Wildman–Crippen MR) is 122 cm³/mol. The second-order valence-electron chi connectivity index (χ2n) is 10.2. The van der Waals surface area contributed by atoms with Gasteiger partial charge in [-0.15, -0.1) is 0 Å². The van der Waals surface area contributed by atoms with Gasteiger partial charge in [-0.2, -0.15) is 0 Å². The van der Waals surface area contributed by atoms with Crippen molar-refractivity contribution in [2.24, 2.45) is 35.4 Å². The molecule has 3 atom stereocenters. The summed E-state index contributed by atoms with van der Waals surface area (Å²) in [5.74, 6) is 2.18. The van der Waals surface area contributed by atoms with E-state index in [4.69, 9.17) is 5.84 Å². The number of hydroxylamine groups is 1. The van der Waals surface area contributed by atoms with Crippen molar-refractivity contribution in [1.29, 1.82) is 0 Å². The van der Waals surface area contributed by atoms with Crippen LogP contribution >= 0.6 is 0 Å². The van der Waals surface area contributed by atoms with Gasteiger partial charge in [-0.05, 0) is 43.4 Å². The van der Waals surface area contributed by atoms with Crippen molar-refractivity contribution >= 4 is 21.7 Å². The molecule has 1 fully saturated rings. The molecule has 0 heterocycles. The molecule has 1 unspecified atom stereocenters. The van der Waals surface area contributed by atoms with Gasteiger partial charge in [0.1, 0.15) is 0 Å². The van der Waals surface area contributed by atoms with Crippen LogP contribution in [0.3, 0.4) is 0 Å². The summed E-state index contributed by atoms with van der Waals surface area (Å²) >= 11 is 0. The minimum absolute atomic E-state index is 0.0194. The highest BCUT2D eigenvalue weighted by atomic mass is 32.2. The first-order chi connectivity index (χ1) is 14.4. The Morgan fingerprint density at radius 2 is 1.65 bits per heavy atom. The first kappa shape index (κ1) is 27.8. The van der Waals surface area contributed by atoms with Gasteiger partial charge >= 0.3 is 0 Å². The van der Waals surface area contributed by atoms with E-state index in [1.807, 2.05) is 27.7 Å². The molecule has 1 aliphatic carbocycles. The number of carbonyl (C=O) groups is 2. The summed E-state index contributed by atoms with van der Waals surface area (Å²) in [5.41, 5.74) is 3.78. The van der Waals surface area contributed by atoms with Gasteiger partial charge in [0.15, 0.2) is 9.84 Å². The van der Waals surface area contributed by atoms with Crippen molar-refractivity contribution in [3.05, 3.63) is 0 Å². The monoisotopic (exact) mass is 461 g/mol. The molecule has 182 valence electrons. The van der Waals surface area contributed by atoms with Crippen molar-refractivity contribution in [2.75, 3.05) is 6.26 Å². The fourth-order valence-corrected chi connectivity index (χ4v) is 7.29. The molecule has 0 aromatic heterocycles. The summed E-state index contributed by atoms with van der Waals surface area (Å²) in [6, 6.07) is 0. The molecule has 0 saturated heterocycles. The van der Waals surface area contributed by atoms with Gasteiger partial charge in [0.05, 0.1) is 16.6 Å². The Bertz CT molecular complexity index is 689. The van der Waals surface area contributed by atoms with E-state index in [9.17, 15) is 23.2 Å². The Hall–Kier alpha value is -1.19. The lowest BCUT2D eigenvalue weighted by Gasteiger charge is -2.43. The summed E-state index contributed by atoms with van der Waals surface area (Å²) in [6.45, 7) is 7.62. The van der Waals surface area contributed by atoms with Gasteiger partial charge in [-0.25, -0.2) is 19.7 Å². The fourth-order valence-electron chi connectivity index (χ4n) is 5.43. The minimum atomic E-state index is -3.79. The molecule has 0 radical (unpaired) electrons. The van der Waals surface area contributed by atoms with Gasteiger partial charge in [-0.3, -0.25) is 20.2 Å². The Labute approximate surface area is 188 Å². The molecule has 0 spiro atoms. The van der Waals surface area contributed by atoms with Crippen LogP contribution < -0.4 is 16.7 Å². The number of rotatable bonds is 12. The average Bonchev–Trinajstić information content (AvgIpc) is 2.69. The standard InChI is InChI=1S/C22H43N3O5S/c1-15(2)13-18(20(26)24-23)19(21(27)25-28)22(14-16(3)4,31(5,29)30)12-11-17-9-7-6-8-10-17/h15-19,28H,6-14,23H2,1-5H3,(H,24,26)(H,25,27)/t18-,19+,22?/m1/s1. The first-order valence-corrected chi connectivity index (χ1v) is 13.4. The molecular formula is C22H43N3O5S. The third-order valence-electron chi connectivity index (χ3n) is 6.76. The second kappa shape index (κ2) is 12.2. The summed E-state index contributed by atoms with van der Waals surface area (Å²) in [6.07, 6.45) is 8.17. The SMILES string of the molecule is CC(C)C[C@@H](C(=O)NN)[C@@H](C(=O)NO)C(CCC1CCCCC1)(CC(C)C)S(C)(=O)=O. The summed E-state index contributed by atoms with van der Waals surface area (Å²) in [7, 11) is -3.79. The third kappa shape index (κ3) is 7.43. The maximum atomic E-state index is 13.4. The molecule has 9 heteroatoms. The zero-order valence-electron chi connectivity index (χ0n) is 19.8. The zero-order valence-corrected chi connectivity index (χ0v) is 20.6.